The Bertz CT molecular complexity index is 886. The molecule has 9 heteroatoms. The summed E-state index contributed by atoms with van der Waals surface area (Å²) in [6.45, 7) is 3.98. The van der Waals surface area contributed by atoms with Crippen LogP contribution in [-0.2, 0) is 16.0 Å². The third kappa shape index (κ3) is 3.89. The average Bonchev–Trinajstić information content (AvgIpc) is 3.13. The number of fused-ring (bicyclic) bond motifs is 1. The van der Waals surface area contributed by atoms with Gasteiger partial charge in [-0.1, -0.05) is 35.8 Å². The molecule has 2 N–H and O–H groups in total. The maximum absolute atomic E-state index is 14.7. The highest BCUT2D eigenvalue weighted by molar-refractivity contribution is 9.10. The minimum absolute atomic E-state index is 0.162. The lowest BCUT2D eigenvalue weighted by Gasteiger charge is -2.36. The highest BCUT2D eigenvalue weighted by Crippen LogP contribution is 2.35. The molecular formula is C19H22BrFN4O3. The molecule has 0 radical (unpaired) electrons. The van der Waals surface area contributed by atoms with Gasteiger partial charge < -0.3 is 19.9 Å². The van der Waals surface area contributed by atoms with E-state index in [0.717, 1.165) is 5.69 Å². The maximum Gasteiger partial charge on any atom is 0.328 e. The van der Waals surface area contributed by atoms with Gasteiger partial charge in [-0.15, -0.1) is 0 Å². The van der Waals surface area contributed by atoms with Gasteiger partial charge in [0.1, 0.15) is 17.9 Å². The zero-order chi connectivity index (χ0) is 20.4. The number of halogens is 2. The largest absolute Gasteiger partial charge is 0.467 e. The van der Waals surface area contributed by atoms with Crippen LogP contribution in [0.4, 0.5) is 9.18 Å². The van der Waals surface area contributed by atoms with E-state index in [2.05, 4.69) is 31.2 Å². The zero-order valence-corrected chi connectivity index (χ0v) is 17.4. The van der Waals surface area contributed by atoms with E-state index in [0.29, 0.717) is 28.7 Å². The minimum atomic E-state index is -0.798. The van der Waals surface area contributed by atoms with Crippen molar-refractivity contribution in [2.75, 3.05) is 13.7 Å². The molecule has 2 amide bonds. The number of nitrogens with one attached hydrogen (secondary N) is 2. The van der Waals surface area contributed by atoms with Crippen LogP contribution < -0.4 is 5.32 Å². The molecule has 0 spiro atoms. The normalized spacial score (nSPS) is 17.2. The molecule has 0 bridgehead atoms. The number of amides is 2. The fraction of sp³-hybridized carbons (Fsp3) is 0.421. The second-order valence-corrected chi connectivity index (χ2v) is 7.89. The second kappa shape index (κ2) is 8.30. The van der Waals surface area contributed by atoms with Gasteiger partial charge >= 0.3 is 12.0 Å². The summed E-state index contributed by atoms with van der Waals surface area (Å²) in [5.41, 5.74) is 1.80. The van der Waals surface area contributed by atoms with E-state index in [1.165, 1.54) is 18.1 Å². The summed E-state index contributed by atoms with van der Waals surface area (Å²) in [6.07, 6.45) is 2.10. The highest BCUT2D eigenvalue weighted by atomic mass is 79.9. The quantitative estimate of drug-likeness (QED) is 0.697. The number of methoxy groups -OCH3 is 1. The first-order valence-corrected chi connectivity index (χ1v) is 9.74. The summed E-state index contributed by atoms with van der Waals surface area (Å²) < 4.78 is 20.1. The van der Waals surface area contributed by atoms with Gasteiger partial charge in [0, 0.05) is 28.7 Å². The molecule has 28 heavy (non-hydrogen) atoms. The Balaban J connectivity index is 1.96. The van der Waals surface area contributed by atoms with Gasteiger partial charge in [-0.05, 0) is 18.1 Å². The van der Waals surface area contributed by atoms with Crippen molar-refractivity contribution >= 4 is 27.9 Å². The van der Waals surface area contributed by atoms with Crippen molar-refractivity contribution in [1.82, 2.24) is 20.2 Å². The molecule has 2 aromatic rings. The van der Waals surface area contributed by atoms with Crippen LogP contribution in [-0.4, -0.2) is 46.6 Å². The molecule has 2 unspecified atom stereocenters. The van der Waals surface area contributed by atoms with Gasteiger partial charge in [0.05, 0.1) is 19.1 Å². The van der Waals surface area contributed by atoms with Gasteiger partial charge in [0.2, 0.25) is 0 Å². The first-order chi connectivity index (χ1) is 13.3. The smallest absolute Gasteiger partial charge is 0.328 e. The summed E-state index contributed by atoms with van der Waals surface area (Å²) in [6, 6.07) is 2.75. The fourth-order valence-corrected chi connectivity index (χ4v) is 3.71. The lowest BCUT2D eigenvalue weighted by atomic mass is 9.95. The number of esters is 1. The lowest BCUT2D eigenvalue weighted by molar-refractivity contribution is -0.144. The molecule has 1 aromatic heterocycles. The predicted molar refractivity (Wildman–Crippen MR) is 104 cm³/mol. The number of hydrogen-bond acceptors (Lipinski definition) is 4. The number of hydrogen-bond donors (Lipinski definition) is 2. The Morgan fingerprint density at radius 2 is 2.18 bits per heavy atom. The summed E-state index contributed by atoms with van der Waals surface area (Å²) in [4.78, 5) is 34.0. The monoisotopic (exact) mass is 452 g/mol. The number of benzene rings is 1. The number of aromatic amines is 1. The average molecular weight is 453 g/mol. The topological polar surface area (TPSA) is 87.3 Å². The van der Waals surface area contributed by atoms with Crippen molar-refractivity contribution in [2.45, 2.75) is 32.4 Å². The van der Waals surface area contributed by atoms with E-state index in [1.54, 1.807) is 18.5 Å². The van der Waals surface area contributed by atoms with Crippen LogP contribution in [0.15, 0.2) is 29.0 Å². The number of nitrogens with zero attached hydrogens (tertiary/aromatic N) is 2. The molecule has 3 rings (SSSR count). The molecule has 7 nitrogen and oxygen atoms in total. The molecule has 2 heterocycles. The van der Waals surface area contributed by atoms with Crippen LogP contribution in [0.3, 0.4) is 0 Å². The minimum Gasteiger partial charge on any atom is -0.467 e. The Kier molecular flexibility index (Phi) is 6.02. The van der Waals surface area contributed by atoms with Crippen molar-refractivity contribution in [2.24, 2.45) is 5.92 Å². The van der Waals surface area contributed by atoms with Gasteiger partial charge in [0.25, 0.3) is 0 Å². The van der Waals surface area contributed by atoms with E-state index in [1.807, 2.05) is 13.8 Å². The zero-order valence-electron chi connectivity index (χ0n) is 15.8. The summed E-state index contributed by atoms with van der Waals surface area (Å²) in [5, 5.41) is 2.73. The molecule has 150 valence electrons. The molecule has 1 aliphatic rings. The van der Waals surface area contributed by atoms with Gasteiger partial charge in [-0.25, -0.2) is 19.0 Å². The van der Waals surface area contributed by atoms with Gasteiger partial charge in [0.15, 0.2) is 0 Å². The molecule has 0 saturated heterocycles. The number of rotatable bonds is 4. The van der Waals surface area contributed by atoms with Crippen LogP contribution >= 0.6 is 15.9 Å². The Hall–Kier alpha value is -2.42. The van der Waals surface area contributed by atoms with E-state index in [-0.39, 0.29) is 5.92 Å². The van der Waals surface area contributed by atoms with Gasteiger partial charge in [-0.3, -0.25) is 0 Å². The maximum atomic E-state index is 14.7. The molecule has 2 atom stereocenters. The van der Waals surface area contributed by atoms with E-state index >= 15 is 0 Å². The van der Waals surface area contributed by atoms with Crippen LogP contribution in [0.5, 0.6) is 0 Å². The first-order valence-electron chi connectivity index (χ1n) is 8.95. The van der Waals surface area contributed by atoms with Crippen molar-refractivity contribution in [3.63, 3.8) is 0 Å². The van der Waals surface area contributed by atoms with Crippen LogP contribution in [0.25, 0.3) is 0 Å². The molecule has 1 aliphatic heterocycles. The molecule has 0 saturated carbocycles. The number of ether oxygens (including phenoxy) is 1. The van der Waals surface area contributed by atoms with E-state index in [9.17, 15) is 14.0 Å². The second-order valence-electron chi connectivity index (χ2n) is 6.97. The van der Waals surface area contributed by atoms with Crippen molar-refractivity contribution in [3.8, 4) is 0 Å². The molecule has 0 aliphatic carbocycles. The van der Waals surface area contributed by atoms with Crippen molar-refractivity contribution in [3.05, 3.63) is 51.8 Å². The standard InChI is InChI=1S/C19H22BrFN4O3/c1-10(2)15(18(26)28-3)24-19(27)25-7-6-14-16(23-9-22-14)17(25)12-5-4-11(20)8-13(12)21/h4-5,8-10,15,17H,6-7H2,1-3H3,(H,22,23)(H,24,27). The molecular weight excluding hydrogens is 431 g/mol. The summed E-state index contributed by atoms with van der Waals surface area (Å²) in [5.74, 6) is -1.13. The Morgan fingerprint density at radius 3 is 2.82 bits per heavy atom. The van der Waals surface area contributed by atoms with Crippen LogP contribution in [0.2, 0.25) is 0 Å². The number of carbonyl (C=O) groups excluding carboxylic acids is 2. The number of urea groups is 1. The SMILES string of the molecule is COC(=O)C(NC(=O)N1CCc2[nH]cnc2C1c1ccc(Br)cc1F)C(C)C. The first kappa shape index (κ1) is 20.3. The third-order valence-electron chi connectivity index (χ3n) is 4.84. The van der Waals surface area contributed by atoms with Crippen molar-refractivity contribution < 1.29 is 18.7 Å². The van der Waals surface area contributed by atoms with E-state index < -0.39 is 29.9 Å². The van der Waals surface area contributed by atoms with Crippen LogP contribution in [0, 0.1) is 11.7 Å². The number of carbonyl (C=O) groups is 2. The van der Waals surface area contributed by atoms with E-state index in [4.69, 9.17) is 4.74 Å². The lowest BCUT2D eigenvalue weighted by Crippen LogP contribution is -2.53. The highest BCUT2D eigenvalue weighted by Gasteiger charge is 2.37. The number of H-pyrrole nitrogens is 1. The Labute approximate surface area is 170 Å². The van der Waals surface area contributed by atoms with Gasteiger partial charge in [-0.2, -0.15) is 0 Å². The van der Waals surface area contributed by atoms with Crippen LogP contribution in [0.1, 0.15) is 36.8 Å². The molecule has 1 aromatic carbocycles. The number of imidazole rings is 1. The fourth-order valence-electron chi connectivity index (χ4n) is 3.37. The summed E-state index contributed by atoms with van der Waals surface area (Å²) in [7, 11) is 1.28. The third-order valence-corrected chi connectivity index (χ3v) is 5.34. The predicted octanol–water partition coefficient (Wildman–Crippen LogP) is 3.17. The molecule has 0 fully saturated rings. The Morgan fingerprint density at radius 1 is 1.43 bits per heavy atom. The number of aromatic nitrogens is 2. The summed E-state index contributed by atoms with van der Waals surface area (Å²) >= 11 is 3.26. The van der Waals surface area contributed by atoms with Crippen molar-refractivity contribution in [1.29, 1.82) is 0 Å².